The first kappa shape index (κ1) is 14.6. The molecule has 0 radical (unpaired) electrons. The van der Waals surface area contributed by atoms with E-state index in [1.807, 2.05) is 30.3 Å². The van der Waals surface area contributed by atoms with Gasteiger partial charge < -0.3 is 10.3 Å². The molecule has 1 heterocycles. The summed E-state index contributed by atoms with van der Waals surface area (Å²) in [5.41, 5.74) is 8.00. The van der Waals surface area contributed by atoms with Gasteiger partial charge in [0.25, 0.3) is 0 Å². The van der Waals surface area contributed by atoms with E-state index >= 15 is 0 Å². The van der Waals surface area contributed by atoms with Crippen LogP contribution in [0.1, 0.15) is 51.2 Å². The molecule has 0 saturated carbocycles. The summed E-state index contributed by atoms with van der Waals surface area (Å²) >= 11 is 0. The van der Waals surface area contributed by atoms with Crippen molar-refractivity contribution in [3.63, 3.8) is 0 Å². The molecule has 0 saturated heterocycles. The van der Waals surface area contributed by atoms with Crippen molar-refractivity contribution in [2.24, 2.45) is 0 Å². The first-order valence-electron chi connectivity index (χ1n) is 7.62. The summed E-state index contributed by atoms with van der Waals surface area (Å²) in [5.74, 6) is 1.42. The Morgan fingerprint density at radius 3 is 2.45 bits per heavy atom. The highest BCUT2D eigenvalue weighted by atomic mass is 16.5. The van der Waals surface area contributed by atoms with Crippen LogP contribution < -0.4 is 5.73 Å². The average Bonchev–Trinajstić information content (AvgIpc) is 2.84. The fourth-order valence-corrected chi connectivity index (χ4v) is 2.49. The van der Waals surface area contributed by atoms with Crippen molar-refractivity contribution >= 4 is 5.82 Å². The van der Waals surface area contributed by atoms with E-state index in [-0.39, 0.29) is 0 Å². The second-order valence-electron chi connectivity index (χ2n) is 5.25. The van der Waals surface area contributed by atoms with Crippen molar-refractivity contribution < 1.29 is 4.52 Å². The largest absolute Gasteiger partial charge is 0.380 e. The second kappa shape index (κ2) is 7.73. The zero-order chi connectivity index (χ0) is 14.2. The molecule has 0 unspecified atom stereocenters. The monoisotopic (exact) mass is 272 g/mol. The predicted octanol–water partition coefficient (Wildman–Crippen LogP) is 4.83. The number of aromatic nitrogens is 1. The molecule has 1 aromatic carbocycles. The van der Waals surface area contributed by atoms with Gasteiger partial charge in [-0.15, -0.1) is 0 Å². The number of rotatable bonds is 8. The van der Waals surface area contributed by atoms with Gasteiger partial charge in [0.1, 0.15) is 5.76 Å². The topological polar surface area (TPSA) is 52.0 Å². The lowest BCUT2D eigenvalue weighted by molar-refractivity contribution is 0.381. The number of nitrogen functional groups attached to an aromatic ring is 1. The SMILES string of the molecule is CCCCCCCCc1onc(N)c1-c1ccccc1. The molecular formula is C17H24N2O. The molecule has 20 heavy (non-hydrogen) atoms. The molecule has 0 aliphatic carbocycles. The van der Waals surface area contributed by atoms with Gasteiger partial charge in [0, 0.05) is 6.42 Å². The number of benzene rings is 1. The van der Waals surface area contributed by atoms with Crippen molar-refractivity contribution in [3.8, 4) is 11.1 Å². The number of unbranched alkanes of at least 4 members (excludes halogenated alkanes) is 5. The zero-order valence-corrected chi connectivity index (χ0v) is 12.3. The standard InChI is InChI=1S/C17H24N2O/c1-2-3-4-5-6-10-13-15-16(17(18)19-20-15)14-11-8-7-9-12-14/h7-9,11-12H,2-6,10,13H2,1H3,(H2,18,19). The van der Waals surface area contributed by atoms with E-state index in [4.69, 9.17) is 10.3 Å². The van der Waals surface area contributed by atoms with Crippen LogP contribution in [0.5, 0.6) is 0 Å². The summed E-state index contributed by atoms with van der Waals surface area (Å²) in [5, 5.41) is 3.92. The van der Waals surface area contributed by atoms with Crippen molar-refractivity contribution in [2.45, 2.75) is 51.9 Å². The Kier molecular flexibility index (Phi) is 5.66. The summed E-state index contributed by atoms with van der Waals surface area (Å²) in [6, 6.07) is 10.1. The minimum atomic E-state index is 0.497. The number of anilines is 1. The van der Waals surface area contributed by atoms with Crippen LogP contribution in [-0.4, -0.2) is 5.16 Å². The molecule has 0 amide bonds. The van der Waals surface area contributed by atoms with E-state index in [0.717, 1.165) is 29.7 Å². The minimum Gasteiger partial charge on any atom is -0.380 e. The lowest BCUT2D eigenvalue weighted by Crippen LogP contribution is -1.91. The molecule has 0 aliphatic heterocycles. The smallest absolute Gasteiger partial charge is 0.175 e. The van der Waals surface area contributed by atoms with Gasteiger partial charge in [0.05, 0.1) is 5.56 Å². The fraction of sp³-hybridized carbons (Fsp3) is 0.471. The molecular weight excluding hydrogens is 248 g/mol. The van der Waals surface area contributed by atoms with Crippen LogP contribution >= 0.6 is 0 Å². The maximum Gasteiger partial charge on any atom is 0.175 e. The van der Waals surface area contributed by atoms with Gasteiger partial charge >= 0.3 is 0 Å². The lowest BCUT2D eigenvalue weighted by Gasteiger charge is -2.03. The highest BCUT2D eigenvalue weighted by Gasteiger charge is 2.14. The molecule has 0 spiro atoms. The van der Waals surface area contributed by atoms with Gasteiger partial charge in [0.2, 0.25) is 0 Å². The lowest BCUT2D eigenvalue weighted by atomic mass is 10.0. The Labute approximate surface area is 121 Å². The molecule has 0 atom stereocenters. The van der Waals surface area contributed by atoms with E-state index in [1.54, 1.807) is 0 Å². The van der Waals surface area contributed by atoms with Crippen molar-refractivity contribution in [1.82, 2.24) is 5.16 Å². The Morgan fingerprint density at radius 1 is 1.00 bits per heavy atom. The number of aryl methyl sites for hydroxylation is 1. The van der Waals surface area contributed by atoms with E-state index in [9.17, 15) is 0 Å². The molecule has 0 fully saturated rings. The molecule has 2 N–H and O–H groups in total. The molecule has 1 aromatic heterocycles. The van der Waals surface area contributed by atoms with Gasteiger partial charge in [-0.3, -0.25) is 0 Å². The fourth-order valence-electron chi connectivity index (χ4n) is 2.49. The van der Waals surface area contributed by atoms with Crippen LogP contribution in [-0.2, 0) is 6.42 Å². The molecule has 0 aliphatic rings. The average molecular weight is 272 g/mol. The summed E-state index contributed by atoms with van der Waals surface area (Å²) in [4.78, 5) is 0. The third kappa shape index (κ3) is 3.86. The van der Waals surface area contributed by atoms with Crippen LogP contribution in [0.4, 0.5) is 5.82 Å². The highest BCUT2D eigenvalue weighted by molar-refractivity contribution is 5.75. The van der Waals surface area contributed by atoms with Gasteiger partial charge in [-0.25, -0.2) is 0 Å². The molecule has 3 nitrogen and oxygen atoms in total. The minimum absolute atomic E-state index is 0.497. The van der Waals surface area contributed by atoms with E-state index in [2.05, 4.69) is 12.1 Å². The van der Waals surface area contributed by atoms with Crippen molar-refractivity contribution in [3.05, 3.63) is 36.1 Å². The second-order valence-corrected chi connectivity index (χ2v) is 5.25. The Bertz CT molecular complexity index is 505. The number of nitrogens with zero attached hydrogens (tertiary/aromatic N) is 1. The Morgan fingerprint density at radius 2 is 1.70 bits per heavy atom. The predicted molar refractivity (Wildman–Crippen MR) is 83.4 cm³/mol. The van der Waals surface area contributed by atoms with Gasteiger partial charge in [0.15, 0.2) is 5.82 Å². The summed E-state index contributed by atoms with van der Waals surface area (Å²) in [7, 11) is 0. The normalized spacial score (nSPS) is 10.8. The van der Waals surface area contributed by atoms with E-state index < -0.39 is 0 Å². The van der Waals surface area contributed by atoms with Crippen molar-refractivity contribution in [2.75, 3.05) is 5.73 Å². The van der Waals surface area contributed by atoms with E-state index in [1.165, 1.54) is 32.1 Å². The van der Waals surface area contributed by atoms with E-state index in [0.29, 0.717) is 5.82 Å². The summed E-state index contributed by atoms with van der Waals surface area (Å²) in [6.45, 7) is 2.24. The first-order valence-corrected chi connectivity index (χ1v) is 7.62. The van der Waals surface area contributed by atoms with Crippen LogP contribution in [0.3, 0.4) is 0 Å². The number of hydrogen-bond acceptors (Lipinski definition) is 3. The van der Waals surface area contributed by atoms with Gasteiger partial charge in [-0.1, -0.05) is 74.5 Å². The molecule has 2 aromatic rings. The summed E-state index contributed by atoms with van der Waals surface area (Å²) < 4.78 is 5.40. The molecule has 0 bridgehead atoms. The molecule has 3 heteroatoms. The first-order chi connectivity index (χ1) is 9.83. The zero-order valence-electron chi connectivity index (χ0n) is 12.3. The quantitative estimate of drug-likeness (QED) is 0.700. The van der Waals surface area contributed by atoms with Crippen molar-refractivity contribution in [1.29, 1.82) is 0 Å². The highest BCUT2D eigenvalue weighted by Crippen LogP contribution is 2.30. The number of nitrogens with two attached hydrogens (primary N) is 1. The van der Waals surface area contributed by atoms with Gasteiger partial charge in [-0.05, 0) is 12.0 Å². The van der Waals surface area contributed by atoms with Crippen LogP contribution in [0, 0.1) is 0 Å². The molecule has 108 valence electrons. The van der Waals surface area contributed by atoms with Crippen LogP contribution in [0.15, 0.2) is 34.9 Å². The maximum absolute atomic E-state index is 5.94. The molecule has 2 rings (SSSR count). The van der Waals surface area contributed by atoms with Crippen LogP contribution in [0.2, 0.25) is 0 Å². The third-order valence-electron chi connectivity index (χ3n) is 3.61. The van der Waals surface area contributed by atoms with Gasteiger partial charge in [-0.2, -0.15) is 0 Å². The third-order valence-corrected chi connectivity index (χ3v) is 3.61. The van der Waals surface area contributed by atoms with Crippen LogP contribution in [0.25, 0.3) is 11.1 Å². The Hall–Kier alpha value is -1.77. The number of hydrogen-bond donors (Lipinski definition) is 1. The summed E-state index contributed by atoms with van der Waals surface area (Å²) in [6.07, 6.45) is 8.56. The maximum atomic E-state index is 5.94. The Balaban J connectivity index is 1.93.